The van der Waals surface area contributed by atoms with Gasteiger partial charge in [0.1, 0.15) is 0 Å². The second-order valence-electron chi connectivity index (χ2n) is 7.06. The van der Waals surface area contributed by atoms with Gasteiger partial charge in [0.15, 0.2) is 0 Å². The van der Waals surface area contributed by atoms with Crippen LogP contribution in [0.3, 0.4) is 0 Å². The van der Waals surface area contributed by atoms with Crippen LogP contribution in [0.5, 0.6) is 0 Å². The van der Waals surface area contributed by atoms with Gasteiger partial charge in [-0.1, -0.05) is 37.6 Å². The Labute approximate surface area is 137 Å². The van der Waals surface area contributed by atoms with Crippen LogP contribution in [0.15, 0.2) is 42.5 Å². The minimum atomic E-state index is -0.481. The Morgan fingerprint density at radius 2 is 1.87 bits per heavy atom. The number of fused-ring (bicyclic) bond motifs is 1. The Hall–Kier alpha value is -2.13. The zero-order valence-corrected chi connectivity index (χ0v) is 13.9. The minimum absolute atomic E-state index is 0.0422. The summed E-state index contributed by atoms with van der Waals surface area (Å²) in [6, 6.07) is 13.4. The number of aryl methyl sites for hydroxylation is 1. The van der Waals surface area contributed by atoms with Gasteiger partial charge in [-0.05, 0) is 60.6 Å². The molecule has 1 amide bonds. The van der Waals surface area contributed by atoms with Crippen molar-refractivity contribution in [2.75, 3.05) is 5.32 Å². The average molecular weight is 309 g/mol. The van der Waals surface area contributed by atoms with Gasteiger partial charge in [0.05, 0.1) is 6.10 Å². The molecule has 0 fully saturated rings. The van der Waals surface area contributed by atoms with Crippen LogP contribution in [0.4, 0.5) is 5.69 Å². The summed E-state index contributed by atoms with van der Waals surface area (Å²) in [5.41, 5.74) is 4.59. The molecule has 0 spiro atoms. The van der Waals surface area contributed by atoms with E-state index in [1.807, 2.05) is 49.4 Å². The molecule has 120 valence electrons. The fourth-order valence-corrected chi connectivity index (χ4v) is 3.22. The lowest BCUT2D eigenvalue weighted by atomic mass is 9.71. The van der Waals surface area contributed by atoms with Gasteiger partial charge in [-0.2, -0.15) is 0 Å². The third-order valence-electron chi connectivity index (χ3n) is 4.75. The first-order valence-electron chi connectivity index (χ1n) is 8.07. The van der Waals surface area contributed by atoms with Crippen molar-refractivity contribution in [3.63, 3.8) is 0 Å². The van der Waals surface area contributed by atoms with E-state index in [1.165, 1.54) is 0 Å². The molecular formula is C20H23NO2. The Bertz CT molecular complexity index is 732. The number of anilines is 1. The number of carbonyl (C=O) groups is 1. The number of hydrogen-bond acceptors (Lipinski definition) is 2. The average Bonchev–Trinajstić information content (AvgIpc) is 2.53. The number of rotatable bonds is 2. The SMILES string of the molecule is Cc1ccc(NC(=O)c2ccc3c(c2)C(O)CCC3(C)C)cc1. The van der Waals surface area contributed by atoms with Gasteiger partial charge in [0, 0.05) is 11.3 Å². The molecule has 0 saturated heterocycles. The second kappa shape index (κ2) is 5.82. The number of amides is 1. The van der Waals surface area contributed by atoms with Crippen molar-refractivity contribution >= 4 is 11.6 Å². The lowest BCUT2D eigenvalue weighted by molar-refractivity contribution is 0.102. The maximum atomic E-state index is 12.5. The number of nitrogens with one attached hydrogen (secondary N) is 1. The zero-order chi connectivity index (χ0) is 16.6. The Balaban J connectivity index is 1.87. The molecule has 3 nitrogen and oxygen atoms in total. The predicted molar refractivity (Wildman–Crippen MR) is 92.8 cm³/mol. The lowest BCUT2D eigenvalue weighted by Crippen LogP contribution is -2.27. The van der Waals surface area contributed by atoms with Gasteiger partial charge in [0.2, 0.25) is 0 Å². The molecule has 2 aromatic rings. The fourth-order valence-electron chi connectivity index (χ4n) is 3.22. The van der Waals surface area contributed by atoms with Crippen molar-refractivity contribution in [3.8, 4) is 0 Å². The van der Waals surface area contributed by atoms with Crippen molar-refractivity contribution in [1.29, 1.82) is 0 Å². The summed E-state index contributed by atoms with van der Waals surface area (Å²) < 4.78 is 0. The molecule has 2 aromatic carbocycles. The number of hydrogen-bond donors (Lipinski definition) is 2. The molecule has 0 radical (unpaired) electrons. The molecule has 1 unspecified atom stereocenters. The molecule has 0 aromatic heterocycles. The highest BCUT2D eigenvalue weighted by Crippen LogP contribution is 2.41. The van der Waals surface area contributed by atoms with Crippen LogP contribution in [0.1, 0.15) is 59.8 Å². The minimum Gasteiger partial charge on any atom is -0.388 e. The lowest BCUT2D eigenvalue weighted by Gasteiger charge is -2.35. The Morgan fingerprint density at radius 3 is 2.57 bits per heavy atom. The highest BCUT2D eigenvalue weighted by molar-refractivity contribution is 6.04. The summed E-state index contributed by atoms with van der Waals surface area (Å²) in [6.45, 7) is 6.38. The molecule has 0 aliphatic heterocycles. The van der Waals surface area contributed by atoms with Crippen molar-refractivity contribution in [3.05, 3.63) is 64.7 Å². The molecule has 2 N–H and O–H groups in total. The van der Waals surface area contributed by atoms with E-state index in [0.717, 1.165) is 35.2 Å². The molecule has 1 aliphatic rings. The monoisotopic (exact) mass is 309 g/mol. The number of benzene rings is 2. The highest BCUT2D eigenvalue weighted by Gasteiger charge is 2.32. The van der Waals surface area contributed by atoms with Crippen LogP contribution in [0, 0.1) is 6.92 Å². The summed E-state index contributed by atoms with van der Waals surface area (Å²) in [4.78, 5) is 12.5. The molecule has 0 heterocycles. The highest BCUT2D eigenvalue weighted by atomic mass is 16.3. The largest absolute Gasteiger partial charge is 0.388 e. The van der Waals surface area contributed by atoms with E-state index in [1.54, 1.807) is 0 Å². The van der Waals surface area contributed by atoms with Gasteiger partial charge in [-0.15, -0.1) is 0 Å². The summed E-state index contributed by atoms with van der Waals surface area (Å²) >= 11 is 0. The molecule has 0 saturated carbocycles. The van der Waals surface area contributed by atoms with E-state index < -0.39 is 6.10 Å². The number of aliphatic hydroxyl groups excluding tert-OH is 1. The Morgan fingerprint density at radius 1 is 1.17 bits per heavy atom. The predicted octanol–water partition coefficient (Wildman–Crippen LogP) is 4.35. The maximum Gasteiger partial charge on any atom is 0.255 e. The van der Waals surface area contributed by atoms with Gasteiger partial charge in [0.25, 0.3) is 5.91 Å². The number of carbonyl (C=O) groups excluding carboxylic acids is 1. The van der Waals surface area contributed by atoms with Gasteiger partial charge < -0.3 is 10.4 Å². The molecule has 23 heavy (non-hydrogen) atoms. The normalized spacial score (nSPS) is 19.0. The summed E-state index contributed by atoms with van der Waals surface area (Å²) in [5, 5.41) is 13.2. The molecule has 3 rings (SSSR count). The summed E-state index contributed by atoms with van der Waals surface area (Å²) in [7, 11) is 0. The van der Waals surface area contributed by atoms with Crippen molar-refractivity contribution < 1.29 is 9.90 Å². The zero-order valence-electron chi connectivity index (χ0n) is 13.9. The third-order valence-corrected chi connectivity index (χ3v) is 4.75. The molecule has 1 atom stereocenters. The van der Waals surface area contributed by atoms with E-state index in [9.17, 15) is 9.90 Å². The van der Waals surface area contributed by atoms with Gasteiger partial charge >= 0.3 is 0 Å². The first kappa shape index (κ1) is 15.8. The van der Waals surface area contributed by atoms with Gasteiger partial charge in [-0.25, -0.2) is 0 Å². The van der Waals surface area contributed by atoms with Crippen LogP contribution in [-0.2, 0) is 5.41 Å². The topological polar surface area (TPSA) is 49.3 Å². The molecule has 3 heteroatoms. The van der Waals surface area contributed by atoms with E-state index in [0.29, 0.717) is 5.56 Å². The molecule has 0 bridgehead atoms. The van der Waals surface area contributed by atoms with E-state index in [4.69, 9.17) is 0 Å². The maximum absolute atomic E-state index is 12.5. The van der Waals surface area contributed by atoms with E-state index >= 15 is 0 Å². The second-order valence-corrected chi connectivity index (χ2v) is 7.06. The summed E-state index contributed by atoms with van der Waals surface area (Å²) in [6.07, 6.45) is 1.21. The first-order valence-corrected chi connectivity index (χ1v) is 8.07. The fraction of sp³-hybridized carbons (Fsp3) is 0.350. The van der Waals surface area contributed by atoms with E-state index in [-0.39, 0.29) is 11.3 Å². The molecule has 1 aliphatic carbocycles. The smallest absolute Gasteiger partial charge is 0.255 e. The van der Waals surface area contributed by atoms with Crippen LogP contribution in [-0.4, -0.2) is 11.0 Å². The quantitative estimate of drug-likeness (QED) is 0.866. The van der Waals surface area contributed by atoms with E-state index in [2.05, 4.69) is 19.2 Å². The van der Waals surface area contributed by atoms with Crippen LogP contribution in [0.2, 0.25) is 0 Å². The molecular weight excluding hydrogens is 286 g/mol. The van der Waals surface area contributed by atoms with Gasteiger partial charge in [-0.3, -0.25) is 4.79 Å². The standard InChI is InChI=1S/C20H23NO2/c1-13-4-7-15(8-5-13)21-19(23)14-6-9-17-16(12-14)18(22)10-11-20(17,2)3/h4-9,12,18,22H,10-11H2,1-3H3,(H,21,23). The van der Waals surface area contributed by atoms with Crippen molar-refractivity contribution in [2.24, 2.45) is 0 Å². The summed E-state index contributed by atoms with van der Waals surface area (Å²) in [5.74, 6) is -0.146. The number of aliphatic hydroxyl groups is 1. The van der Waals surface area contributed by atoms with Crippen LogP contribution >= 0.6 is 0 Å². The Kier molecular flexibility index (Phi) is 3.99. The first-order chi connectivity index (χ1) is 10.9. The van der Waals surface area contributed by atoms with Crippen LogP contribution < -0.4 is 5.32 Å². The van der Waals surface area contributed by atoms with Crippen molar-refractivity contribution in [1.82, 2.24) is 0 Å². The third kappa shape index (κ3) is 3.15. The van der Waals surface area contributed by atoms with Crippen molar-refractivity contribution in [2.45, 2.75) is 45.1 Å². The van der Waals surface area contributed by atoms with Crippen LogP contribution in [0.25, 0.3) is 0 Å².